The SMILES string of the molecule is S=Nc1ccn(Cc2cc(Cl)ccc2Cl)n1. The van der Waals surface area contributed by atoms with Gasteiger partial charge in [-0.1, -0.05) is 23.2 Å². The molecule has 82 valence electrons. The Labute approximate surface area is 108 Å². The lowest BCUT2D eigenvalue weighted by Crippen LogP contribution is -2.00. The summed E-state index contributed by atoms with van der Waals surface area (Å²) in [6, 6.07) is 7.07. The van der Waals surface area contributed by atoms with Crippen molar-refractivity contribution in [2.24, 2.45) is 4.36 Å². The van der Waals surface area contributed by atoms with Crippen molar-refractivity contribution in [2.45, 2.75) is 6.54 Å². The van der Waals surface area contributed by atoms with E-state index in [1.165, 1.54) is 0 Å². The van der Waals surface area contributed by atoms with Crippen molar-refractivity contribution < 1.29 is 0 Å². The molecule has 1 heterocycles. The van der Waals surface area contributed by atoms with Crippen LogP contribution in [-0.4, -0.2) is 9.78 Å². The Bertz CT molecular complexity index is 525. The summed E-state index contributed by atoms with van der Waals surface area (Å²) in [7, 11) is 0. The summed E-state index contributed by atoms with van der Waals surface area (Å²) in [4.78, 5) is 0. The van der Waals surface area contributed by atoms with Crippen molar-refractivity contribution in [3.8, 4) is 0 Å². The fourth-order valence-corrected chi connectivity index (χ4v) is 1.80. The number of nitrogens with zero attached hydrogens (tertiary/aromatic N) is 3. The maximum absolute atomic E-state index is 6.04. The molecule has 1 aromatic heterocycles. The summed E-state index contributed by atoms with van der Waals surface area (Å²) < 4.78 is 5.28. The van der Waals surface area contributed by atoms with Crippen LogP contribution in [0.2, 0.25) is 10.0 Å². The van der Waals surface area contributed by atoms with Gasteiger partial charge in [-0.3, -0.25) is 4.68 Å². The molecule has 2 aromatic rings. The topological polar surface area (TPSA) is 30.2 Å². The summed E-state index contributed by atoms with van der Waals surface area (Å²) in [5.74, 6) is 0.521. The zero-order valence-corrected chi connectivity index (χ0v) is 10.4. The second-order valence-electron chi connectivity index (χ2n) is 3.20. The zero-order chi connectivity index (χ0) is 11.5. The van der Waals surface area contributed by atoms with Crippen molar-refractivity contribution in [1.29, 1.82) is 0 Å². The summed E-state index contributed by atoms with van der Waals surface area (Å²) >= 11 is 16.5. The van der Waals surface area contributed by atoms with Gasteiger partial charge < -0.3 is 0 Å². The molecular weight excluding hydrogens is 265 g/mol. The monoisotopic (exact) mass is 271 g/mol. The zero-order valence-electron chi connectivity index (χ0n) is 8.10. The molecule has 6 heteroatoms. The van der Waals surface area contributed by atoms with E-state index in [4.69, 9.17) is 23.2 Å². The van der Waals surface area contributed by atoms with Gasteiger partial charge >= 0.3 is 0 Å². The van der Waals surface area contributed by atoms with Crippen LogP contribution in [0.3, 0.4) is 0 Å². The molecule has 0 spiro atoms. The highest BCUT2D eigenvalue weighted by molar-refractivity contribution is 7.47. The molecule has 3 nitrogen and oxygen atoms in total. The minimum absolute atomic E-state index is 0.521. The second kappa shape index (κ2) is 4.91. The fraction of sp³-hybridized carbons (Fsp3) is 0.100. The molecule has 0 atom stereocenters. The van der Waals surface area contributed by atoms with E-state index in [-0.39, 0.29) is 0 Å². The van der Waals surface area contributed by atoms with E-state index < -0.39 is 0 Å². The van der Waals surface area contributed by atoms with Crippen molar-refractivity contribution in [2.75, 3.05) is 0 Å². The minimum Gasteiger partial charge on any atom is -0.266 e. The number of hydrogen-bond acceptors (Lipinski definition) is 3. The van der Waals surface area contributed by atoms with Crippen LogP contribution in [0.15, 0.2) is 34.8 Å². The van der Waals surface area contributed by atoms with Gasteiger partial charge in [0.1, 0.15) is 0 Å². The van der Waals surface area contributed by atoms with Gasteiger partial charge in [0.15, 0.2) is 5.82 Å². The number of hydrogen-bond donors (Lipinski definition) is 0. The Kier molecular flexibility index (Phi) is 3.53. The van der Waals surface area contributed by atoms with Crippen LogP contribution in [0.4, 0.5) is 5.82 Å². The smallest absolute Gasteiger partial charge is 0.187 e. The van der Waals surface area contributed by atoms with Gasteiger partial charge in [-0.25, -0.2) is 0 Å². The Morgan fingerprint density at radius 1 is 1.31 bits per heavy atom. The second-order valence-corrected chi connectivity index (χ2v) is 4.22. The molecular formula is C10H7Cl2N3S. The predicted octanol–water partition coefficient (Wildman–Crippen LogP) is 3.60. The van der Waals surface area contributed by atoms with Gasteiger partial charge in [-0.05, 0) is 23.8 Å². The van der Waals surface area contributed by atoms with Crippen molar-refractivity contribution >= 4 is 41.4 Å². The number of halogens is 2. The first-order valence-corrected chi connectivity index (χ1v) is 5.62. The predicted molar refractivity (Wildman–Crippen MR) is 67.2 cm³/mol. The third-order valence-corrected chi connectivity index (χ3v) is 2.85. The summed E-state index contributed by atoms with van der Waals surface area (Å²) in [5.41, 5.74) is 0.910. The highest BCUT2D eigenvalue weighted by Gasteiger charge is 2.03. The van der Waals surface area contributed by atoms with Gasteiger partial charge in [0.25, 0.3) is 0 Å². The maximum atomic E-state index is 6.04. The number of benzene rings is 1. The normalized spacial score (nSPS) is 10.4. The van der Waals surface area contributed by atoms with Gasteiger partial charge in [0.05, 0.1) is 6.54 Å². The minimum atomic E-state index is 0.521. The largest absolute Gasteiger partial charge is 0.266 e. The number of rotatable bonds is 3. The molecule has 0 saturated heterocycles. The van der Waals surface area contributed by atoms with Gasteiger partial charge in [-0.15, -0.1) is 0 Å². The highest BCUT2D eigenvalue weighted by atomic mass is 35.5. The fourth-order valence-electron chi connectivity index (χ4n) is 1.33. The van der Waals surface area contributed by atoms with Crippen molar-refractivity contribution in [1.82, 2.24) is 9.78 Å². The molecule has 0 aliphatic carbocycles. The Morgan fingerprint density at radius 2 is 2.12 bits per heavy atom. The first-order chi connectivity index (χ1) is 7.69. The van der Waals surface area contributed by atoms with Crippen LogP contribution in [0.1, 0.15) is 5.56 Å². The molecule has 0 amide bonds. The lowest BCUT2D eigenvalue weighted by atomic mass is 10.2. The molecule has 0 unspecified atom stereocenters. The van der Waals surface area contributed by atoms with E-state index >= 15 is 0 Å². The standard InChI is InChI=1S/C10H7Cl2N3S/c11-8-1-2-9(12)7(5-8)6-15-4-3-10(13-15)14-16/h1-5H,6H2. The molecule has 0 saturated carbocycles. The Hall–Kier alpha value is -0.970. The highest BCUT2D eigenvalue weighted by Crippen LogP contribution is 2.21. The molecule has 2 rings (SSSR count). The maximum Gasteiger partial charge on any atom is 0.187 e. The van der Waals surface area contributed by atoms with E-state index in [1.807, 2.05) is 6.07 Å². The average Bonchev–Trinajstić information content (AvgIpc) is 2.71. The average molecular weight is 272 g/mol. The lowest BCUT2D eigenvalue weighted by molar-refractivity contribution is 0.689. The van der Waals surface area contributed by atoms with E-state index in [2.05, 4.69) is 21.9 Å². The van der Waals surface area contributed by atoms with Crippen LogP contribution in [0, 0.1) is 0 Å². The first-order valence-electron chi connectivity index (χ1n) is 4.50. The van der Waals surface area contributed by atoms with E-state index in [1.54, 1.807) is 29.1 Å². The molecule has 0 bridgehead atoms. The van der Waals surface area contributed by atoms with Crippen LogP contribution in [0.5, 0.6) is 0 Å². The molecule has 16 heavy (non-hydrogen) atoms. The Balaban J connectivity index is 2.26. The molecule has 0 N–H and O–H groups in total. The van der Waals surface area contributed by atoms with Gasteiger partial charge in [0.2, 0.25) is 0 Å². The summed E-state index contributed by atoms with van der Waals surface area (Å²) in [6.45, 7) is 0.546. The van der Waals surface area contributed by atoms with Crippen LogP contribution in [-0.2, 0) is 19.0 Å². The lowest BCUT2D eigenvalue weighted by Gasteiger charge is -2.04. The van der Waals surface area contributed by atoms with Crippen LogP contribution in [0.25, 0.3) is 0 Å². The first kappa shape index (κ1) is 11.5. The van der Waals surface area contributed by atoms with E-state index in [9.17, 15) is 0 Å². The van der Waals surface area contributed by atoms with Gasteiger partial charge in [0, 0.05) is 34.7 Å². The molecule has 0 radical (unpaired) electrons. The molecule has 1 aromatic carbocycles. The number of aromatic nitrogens is 2. The summed E-state index contributed by atoms with van der Waals surface area (Å²) in [5, 5.41) is 5.46. The Morgan fingerprint density at radius 3 is 2.81 bits per heavy atom. The molecule has 0 fully saturated rings. The molecule has 0 aliphatic rings. The van der Waals surface area contributed by atoms with E-state index in [0.29, 0.717) is 22.4 Å². The van der Waals surface area contributed by atoms with E-state index in [0.717, 1.165) is 5.56 Å². The van der Waals surface area contributed by atoms with Crippen LogP contribution >= 0.6 is 23.2 Å². The van der Waals surface area contributed by atoms with Crippen molar-refractivity contribution in [3.05, 3.63) is 46.1 Å². The summed E-state index contributed by atoms with van der Waals surface area (Å²) in [6.07, 6.45) is 1.79. The van der Waals surface area contributed by atoms with Gasteiger partial charge in [-0.2, -0.15) is 9.46 Å². The third-order valence-electron chi connectivity index (χ3n) is 2.06. The third kappa shape index (κ3) is 2.58. The van der Waals surface area contributed by atoms with Crippen molar-refractivity contribution in [3.63, 3.8) is 0 Å². The quantitative estimate of drug-likeness (QED) is 0.854. The molecule has 0 aliphatic heterocycles. The van der Waals surface area contributed by atoms with Crippen LogP contribution < -0.4 is 0 Å².